The lowest BCUT2D eigenvalue weighted by atomic mass is 10.2. The average molecular weight is 238 g/mol. The normalized spacial score (nSPS) is 16.8. The zero-order valence-electron chi connectivity index (χ0n) is 9.91. The van der Waals surface area contributed by atoms with E-state index in [0.717, 1.165) is 24.5 Å². The Balaban J connectivity index is 2.32. The first-order valence-corrected chi connectivity index (χ1v) is 6.20. The SMILES string of the molecule is CCC1=[N+](C)CCCN1c1ccc(Cl)cc1. The van der Waals surface area contributed by atoms with Gasteiger partial charge in [-0.15, -0.1) is 0 Å². The Morgan fingerprint density at radius 2 is 2.00 bits per heavy atom. The van der Waals surface area contributed by atoms with Crippen LogP contribution >= 0.6 is 11.6 Å². The molecule has 0 spiro atoms. The molecule has 0 bridgehead atoms. The second-order valence-corrected chi connectivity index (χ2v) is 4.61. The highest BCUT2D eigenvalue weighted by atomic mass is 35.5. The molecule has 0 aromatic heterocycles. The minimum Gasteiger partial charge on any atom is -0.268 e. The number of benzene rings is 1. The molecule has 0 saturated heterocycles. The van der Waals surface area contributed by atoms with E-state index in [0.29, 0.717) is 0 Å². The highest BCUT2D eigenvalue weighted by molar-refractivity contribution is 6.30. The largest absolute Gasteiger partial charge is 0.268 e. The van der Waals surface area contributed by atoms with Crippen LogP contribution < -0.4 is 4.90 Å². The molecule has 86 valence electrons. The van der Waals surface area contributed by atoms with Gasteiger partial charge in [0.05, 0.1) is 20.1 Å². The maximum Gasteiger partial charge on any atom is 0.251 e. The topological polar surface area (TPSA) is 6.25 Å². The third-order valence-electron chi connectivity index (χ3n) is 3.08. The molecular formula is C13H18ClN2+. The Morgan fingerprint density at radius 1 is 1.31 bits per heavy atom. The molecule has 1 heterocycles. The summed E-state index contributed by atoms with van der Waals surface area (Å²) in [5, 5.41) is 0.798. The highest BCUT2D eigenvalue weighted by Crippen LogP contribution is 2.20. The van der Waals surface area contributed by atoms with Crippen LogP contribution in [0.4, 0.5) is 5.69 Å². The second-order valence-electron chi connectivity index (χ2n) is 4.17. The van der Waals surface area contributed by atoms with Crippen LogP contribution in [0.1, 0.15) is 19.8 Å². The number of hydrogen-bond donors (Lipinski definition) is 0. The van der Waals surface area contributed by atoms with Gasteiger partial charge in [0.15, 0.2) is 0 Å². The maximum absolute atomic E-state index is 5.91. The molecule has 0 radical (unpaired) electrons. The predicted octanol–water partition coefficient (Wildman–Crippen LogP) is 3.00. The number of halogens is 1. The van der Waals surface area contributed by atoms with Gasteiger partial charge in [0, 0.05) is 17.9 Å². The number of nitrogens with zero attached hydrogens (tertiary/aromatic N) is 2. The van der Waals surface area contributed by atoms with Crippen LogP contribution in [0.5, 0.6) is 0 Å². The van der Waals surface area contributed by atoms with Crippen LogP contribution in [0.15, 0.2) is 24.3 Å². The molecule has 2 rings (SSSR count). The predicted molar refractivity (Wildman–Crippen MR) is 69.8 cm³/mol. The van der Waals surface area contributed by atoms with Crippen LogP contribution in [-0.4, -0.2) is 30.5 Å². The van der Waals surface area contributed by atoms with Crippen molar-refractivity contribution in [1.82, 2.24) is 0 Å². The minimum atomic E-state index is 0.798. The minimum absolute atomic E-state index is 0.798. The van der Waals surface area contributed by atoms with Crippen LogP contribution in [0, 0.1) is 0 Å². The van der Waals surface area contributed by atoms with Crippen molar-refractivity contribution in [3.63, 3.8) is 0 Å². The molecule has 16 heavy (non-hydrogen) atoms. The Kier molecular flexibility index (Phi) is 3.49. The molecule has 1 aliphatic rings. The first kappa shape index (κ1) is 11.5. The Hall–Kier alpha value is -1.02. The summed E-state index contributed by atoms with van der Waals surface area (Å²) in [6.45, 7) is 4.47. The molecule has 0 saturated carbocycles. The summed E-state index contributed by atoms with van der Waals surface area (Å²) in [6.07, 6.45) is 2.28. The molecular weight excluding hydrogens is 220 g/mol. The van der Waals surface area contributed by atoms with E-state index in [2.05, 4.69) is 35.6 Å². The Bertz CT molecular complexity index is 395. The van der Waals surface area contributed by atoms with Crippen molar-refractivity contribution in [2.75, 3.05) is 25.0 Å². The van der Waals surface area contributed by atoms with Gasteiger partial charge in [0.25, 0.3) is 5.84 Å². The van der Waals surface area contributed by atoms with Crippen molar-refractivity contribution < 1.29 is 4.58 Å². The van der Waals surface area contributed by atoms with Crippen molar-refractivity contribution in [3.05, 3.63) is 29.3 Å². The lowest BCUT2D eigenvalue weighted by Gasteiger charge is -2.24. The average Bonchev–Trinajstić information content (AvgIpc) is 2.30. The third kappa shape index (κ3) is 2.22. The third-order valence-corrected chi connectivity index (χ3v) is 3.33. The molecule has 0 aliphatic carbocycles. The maximum atomic E-state index is 5.91. The second kappa shape index (κ2) is 4.88. The van der Waals surface area contributed by atoms with Gasteiger partial charge in [0.1, 0.15) is 5.69 Å². The fourth-order valence-electron chi connectivity index (χ4n) is 2.29. The van der Waals surface area contributed by atoms with E-state index in [1.165, 1.54) is 17.9 Å². The summed E-state index contributed by atoms with van der Waals surface area (Å²) in [7, 11) is 2.17. The van der Waals surface area contributed by atoms with Crippen LogP contribution in [-0.2, 0) is 0 Å². The molecule has 0 N–H and O–H groups in total. The number of hydrogen-bond acceptors (Lipinski definition) is 1. The van der Waals surface area contributed by atoms with Crippen LogP contribution in [0.25, 0.3) is 0 Å². The zero-order chi connectivity index (χ0) is 11.5. The van der Waals surface area contributed by atoms with Crippen molar-refractivity contribution >= 4 is 23.1 Å². The Labute approximate surface area is 102 Å². The van der Waals surface area contributed by atoms with Gasteiger partial charge in [-0.25, -0.2) is 4.90 Å². The molecule has 3 heteroatoms. The first-order valence-electron chi connectivity index (χ1n) is 5.82. The summed E-state index contributed by atoms with van der Waals surface area (Å²) >= 11 is 5.91. The molecule has 0 unspecified atom stereocenters. The van der Waals surface area contributed by atoms with Gasteiger partial charge in [0.2, 0.25) is 0 Å². The molecule has 0 atom stereocenters. The monoisotopic (exact) mass is 237 g/mol. The first-order chi connectivity index (χ1) is 7.72. The summed E-state index contributed by atoms with van der Waals surface area (Å²) in [6, 6.07) is 8.10. The summed E-state index contributed by atoms with van der Waals surface area (Å²) < 4.78 is 2.35. The van der Waals surface area contributed by atoms with E-state index in [1.807, 2.05) is 12.1 Å². The zero-order valence-corrected chi connectivity index (χ0v) is 10.7. The van der Waals surface area contributed by atoms with Gasteiger partial charge in [-0.05, 0) is 24.3 Å². The molecule has 0 fully saturated rings. The smallest absolute Gasteiger partial charge is 0.251 e. The van der Waals surface area contributed by atoms with Gasteiger partial charge >= 0.3 is 0 Å². The number of anilines is 1. The Morgan fingerprint density at radius 3 is 2.62 bits per heavy atom. The molecule has 1 aromatic carbocycles. The lowest BCUT2D eigenvalue weighted by Crippen LogP contribution is -2.42. The van der Waals surface area contributed by atoms with E-state index < -0.39 is 0 Å². The molecule has 2 nitrogen and oxygen atoms in total. The van der Waals surface area contributed by atoms with E-state index in [1.54, 1.807) is 0 Å². The van der Waals surface area contributed by atoms with Gasteiger partial charge in [-0.1, -0.05) is 18.5 Å². The van der Waals surface area contributed by atoms with E-state index in [9.17, 15) is 0 Å². The number of amidine groups is 1. The summed E-state index contributed by atoms with van der Waals surface area (Å²) in [5.41, 5.74) is 1.24. The van der Waals surface area contributed by atoms with E-state index in [-0.39, 0.29) is 0 Å². The van der Waals surface area contributed by atoms with Crippen LogP contribution in [0.2, 0.25) is 5.02 Å². The fraction of sp³-hybridized carbons (Fsp3) is 0.462. The summed E-state index contributed by atoms with van der Waals surface area (Å²) in [5.74, 6) is 1.40. The molecule has 1 aromatic rings. The van der Waals surface area contributed by atoms with Crippen LogP contribution in [0.3, 0.4) is 0 Å². The van der Waals surface area contributed by atoms with Crippen molar-refractivity contribution in [2.24, 2.45) is 0 Å². The standard InChI is InChI=1S/C13H18ClN2/c1-3-13-15(2)9-4-10-16(13)12-7-5-11(14)6-8-12/h5-8H,3-4,9-10H2,1-2H3/q+1. The van der Waals surface area contributed by atoms with Crippen molar-refractivity contribution in [3.8, 4) is 0 Å². The highest BCUT2D eigenvalue weighted by Gasteiger charge is 2.25. The van der Waals surface area contributed by atoms with Gasteiger partial charge in [-0.2, -0.15) is 0 Å². The summed E-state index contributed by atoms with van der Waals surface area (Å²) in [4.78, 5) is 2.39. The lowest BCUT2D eigenvalue weighted by molar-refractivity contribution is -0.502. The molecule has 0 amide bonds. The molecule has 1 aliphatic heterocycles. The van der Waals surface area contributed by atoms with Gasteiger partial charge < -0.3 is 0 Å². The van der Waals surface area contributed by atoms with E-state index in [4.69, 9.17) is 11.6 Å². The fourth-order valence-corrected chi connectivity index (χ4v) is 2.42. The van der Waals surface area contributed by atoms with Crippen molar-refractivity contribution in [2.45, 2.75) is 19.8 Å². The van der Waals surface area contributed by atoms with Gasteiger partial charge in [-0.3, -0.25) is 4.58 Å². The quantitative estimate of drug-likeness (QED) is 0.717. The number of rotatable bonds is 2. The van der Waals surface area contributed by atoms with Crippen molar-refractivity contribution in [1.29, 1.82) is 0 Å². The van der Waals surface area contributed by atoms with E-state index >= 15 is 0 Å².